The Morgan fingerprint density at radius 1 is 1.33 bits per heavy atom. The van der Waals surface area contributed by atoms with Gasteiger partial charge in [0, 0.05) is 12.5 Å². The van der Waals surface area contributed by atoms with Crippen LogP contribution in [-0.4, -0.2) is 24.0 Å². The minimum absolute atomic E-state index is 0.129. The van der Waals surface area contributed by atoms with E-state index in [1.165, 1.54) is 12.8 Å². The van der Waals surface area contributed by atoms with Gasteiger partial charge < -0.3 is 14.8 Å². The van der Waals surface area contributed by atoms with Crippen LogP contribution in [0, 0.1) is 17.8 Å². The average Bonchev–Trinajstić information content (AvgIpc) is 2.78. The molecule has 2 rings (SSSR count). The van der Waals surface area contributed by atoms with Crippen molar-refractivity contribution in [2.24, 2.45) is 17.8 Å². The third-order valence-corrected chi connectivity index (χ3v) is 4.14. The van der Waals surface area contributed by atoms with Gasteiger partial charge in [-0.1, -0.05) is 0 Å². The van der Waals surface area contributed by atoms with Crippen LogP contribution in [0.1, 0.15) is 46.5 Å². The van der Waals surface area contributed by atoms with Crippen LogP contribution in [0.3, 0.4) is 0 Å². The summed E-state index contributed by atoms with van der Waals surface area (Å²) in [5.74, 6) is 1.46. The van der Waals surface area contributed by atoms with Crippen LogP contribution in [0.15, 0.2) is 0 Å². The van der Waals surface area contributed by atoms with E-state index in [2.05, 4.69) is 5.32 Å². The molecule has 0 spiro atoms. The van der Waals surface area contributed by atoms with E-state index in [9.17, 15) is 9.59 Å². The Labute approximate surface area is 108 Å². The van der Waals surface area contributed by atoms with Gasteiger partial charge in [0.05, 0.1) is 0 Å². The largest absolute Gasteiger partial charge is 0.444 e. The van der Waals surface area contributed by atoms with Gasteiger partial charge in [0.15, 0.2) is 0 Å². The van der Waals surface area contributed by atoms with Crippen LogP contribution in [0.2, 0.25) is 0 Å². The number of rotatable bonds is 3. The Morgan fingerprint density at radius 2 is 2.00 bits per heavy atom. The van der Waals surface area contributed by atoms with E-state index in [0.717, 1.165) is 12.7 Å². The van der Waals surface area contributed by atoms with Crippen molar-refractivity contribution in [1.29, 1.82) is 0 Å². The van der Waals surface area contributed by atoms with Crippen molar-refractivity contribution in [2.45, 2.75) is 58.1 Å². The van der Waals surface area contributed by atoms with Gasteiger partial charge in [-0.25, -0.2) is 4.79 Å². The summed E-state index contributed by atoms with van der Waals surface area (Å²) in [5.41, 5.74) is -0.470. The number of amides is 1. The Morgan fingerprint density at radius 3 is 2.61 bits per heavy atom. The summed E-state index contributed by atoms with van der Waals surface area (Å²) >= 11 is 0. The molecule has 0 aromatic carbocycles. The minimum Gasteiger partial charge on any atom is -0.444 e. The third-order valence-electron chi connectivity index (χ3n) is 4.14. The molecule has 1 N–H and O–H groups in total. The Hall–Kier alpha value is -1.06. The number of carbonyl (C=O) groups is 2. The molecule has 18 heavy (non-hydrogen) atoms. The molecule has 2 aliphatic carbocycles. The number of aldehydes is 1. The highest BCUT2D eigenvalue weighted by Gasteiger charge is 2.48. The smallest absolute Gasteiger partial charge is 0.407 e. The predicted octanol–water partition coefficient (Wildman–Crippen LogP) is 2.51. The van der Waals surface area contributed by atoms with Gasteiger partial charge in [-0.15, -0.1) is 0 Å². The molecule has 0 saturated heterocycles. The van der Waals surface area contributed by atoms with Crippen molar-refractivity contribution >= 4 is 12.4 Å². The number of ether oxygens (including phenoxy) is 1. The van der Waals surface area contributed by atoms with Crippen LogP contribution in [-0.2, 0) is 9.53 Å². The van der Waals surface area contributed by atoms with Gasteiger partial charge in [-0.05, 0) is 57.8 Å². The summed E-state index contributed by atoms with van der Waals surface area (Å²) in [6, 6.07) is 0.129. The van der Waals surface area contributed by atoms with Crippen molar-refractivity contribution in [3.05, 3.63) is 0 Å². The molecule has 0 unspecified atom stereocenters. The van der Waals surface area contributed by atoms with Gasteiger partial charge >= 0.3 is 6.09 Å². The minimum atomic E-state index is -0.470. The molecule has 1 amide bonds. The zero-order chi connectivity index (χ0) is 13.3. The first-order valence-electron chi connectivity index (χ1n) is 6.84. The van der Waals surface area contributed by atoms with Crippen LogP contribution >= 0.6 is 0 Å². The number of fused-ring (bicyclic) bond motifs is 2. The fourth-order valence-electron chi connectivity index (χ4n) is 3.53. The highest BCUT2D eigenvalue weighted by atomic mass is 16.6. The van der Waals surface area contributed by atoms with Crippen LogP contribution in [0.5, 0.6) is 0 Å². The molecular weight excluding hydrogens is 230 g/mol. The SMILES string of the molecule is CC(C)(C)OC(=O)N[C@H]1[C@H]2CC[C@H](C2)[C@@H]1CC=O. The van der Waals surface area contributed by atoms with Gasteiger partial charge in [0.1, 0.15) is 11.9 Å². The number of hydrogen-bond donors (Lipinski definition) is 1. The van der Waals surface area contributed by atoms with Crippen LogP contribution < -0.4 is 5.32 Å². The van der Waals surface area contributed by atoms with Crippen molar-refractivity contribution in [3.8, 4) is 0 Å². The first-order valence-corrected chi connectivity index (χ1v) is 6.84. The number of alkyl carbamates (subject to hydrolysis) is 1. The molecule has 0 radical (unpaired) electrons. The fourth-order valence-corrected chi connectivity index (χ4v) is 3.53. The van der Waals surface area contributed by atoms with Crippen molar-refractivity contribution in [2.75, 3.05) is 0 Å². The molecule has 2 fully saturated rings. The molecular formula is C14H23NO3. The van der Waals surface area contributed by atoms with E-state index < -0.39 is 5.60 Å². The molecule has 2 saturated carbocycles. The second-order valence-corrected chi connectivity index (χ2v) is 6.57. The summed E-state index contributed by atoms with van der Waals surface area (Å²) < 4.78 is 5.30. The first kappa shape index (κ1) is 13.4. The lowest BCUT2D eigenvalue weighted by Gasteiger charge is -2.31. The monoisotopic (exact) mass is 253 g/mol. The molecule has 0 aliphatic heterocycles. The average molecular weight is 253 g/mol. The number of carbonyl (C=O) groups excluding carboxylic acids is 2. The fraction of sp³-hybridized carbons (Fsp3) is 0.857. The molecule has 4 atom stereocenters. The van der Waals surface area contributed by atoms with Crippen LogP contribution in [0.25, 0.3) is 0 Å². The highest BCUT2D eigenvalue weighted by Crippen LogP contribution is 2.49. The van der Waals surface area contributed by atoms with E-state index in [-0.39, 0.29) is 12.1 Å². The quantitative estimate of drug-likeness (QED) is 0.786. The third kappa shape index (κ3) is 2.85. The predicted molar refractivity (Wildman–Crippen MR) is 68.2 cm³/mol. The first-order chi connectivity index (χ1) is 8.40. The maximum atomic E-state index is 11.8. The molecule has 4 nitrogen and oxygen atoms in total. The summed E-state index contributed by atoms with van der Waals surface area (Å²) in [6.45, 7) is 5.57. The number of hydrogen-bond acceptors (Lipinski definition) is 3. The lowest BCUT2D eigenvalue weighted by atomic mass is 9.83. The lowest BCUT2D eigenvalue weighted by Crippen LogP contribution is -2.46. The molecule has 2 aliphatic rings. The standard InChI is InChI=1S/C14H23NO3/c1-14(2,3)18-13(17)15-12-10-5-4-9(8-10)11(12)6-7-16/h7,9-12H,4-6,8H2,1-3H3,(H,15,17)/t9-,10+,11+,12+/m1/s1. The normalized spacial score (nSPS) is 34.4. The Kier molecular flexibility index (Phi) is 3.64. The molecule has 0 heterocycles. The van der Waals surface area contributed by atoms with E-state index >= 15 is 0 Å². The van der Waals surface area contributed by atoms with E-state index in [1.807, 2.05) is 20.8 Å². The summed E-state index contributed by atoms with van der Waals surface area (Å²) in [6.07, 6.45) is 4.71. The molecule has 0 aromatic heterocycles. The zero-order valence-corrected chi connectivity index (χ0v) is 11.4. The van der Waals surface area contributed by atoms with Crippen LogP contribution in [0.4, 0.5) is 4.79 Å². The van der Waals surface area contributed by atoms with E-state index in [1.54, 1.807) is 0 Å². The van der Waals surface area contributed by atoms with Crippen molar-refractivity contribution in [3.63, 3.8) is 0 Å². The van der Waals surface area contributed by atoms with E-state index in [0.29, 0.717) is 24.2 Å². The maximum Gasteiger partial charge on any atom is 0.407 e. The second kappa shape index (κ2) is 4.90. The van der Waals surface area contributed by atoms with Gasteiger partial charge in [-0.3, -0.25) is 0 Å². The molecule has 102 valence electrons. The topological polar surface area (TPSA) is 55.4 Å². The zero-order valence-electron chi connectivity index (χ0n) is 11.4. The highest BCUT2D eigenvalue weighted by molar-refractivity contribution is 5.68. The second-order valence-electron chi connectivity index (χ2n) is 6.57. The van der Waals surface area contributed by atoms with Crippen molar-refractivity contribution in [1.82, 2.24) is 5.32 Å². The van der Waals surface area contributed by atoms with Gasteiger partial charge in [-0.2, -0.15) is 0 Å². The van der Waals surface area contributed by atoms with E-state index in [4.69, 9.17) is 4.74 Å². The summed E-state index contributed by atoms with van der Waals surface area (Å²) in [7, 11) is 0. The summed E-state index contributed by atoms with van der Waals surface area (Å²) in [4.78, 5) is 22.6. The molecule has 2 bridgehead atoms. The van der Waals surface area contributed by atoms with Gasteiger partial charge in [0.2, 0.25) is 0 Å². The summed E-state index contributed by atoms with van der Waals surface area (Å²) in [5, 5.41) is 2.98. The van der Waals surface area contributed by atoms with Crippen molar-refractivity contribution < 1.29 is 14.3 Å². The molecule has 0 aromatic rings. The lowest BCUT2D eigenvalue weighted by molar-refractivity contribution is -0.109. The maximum absolute atomic E-state index is 11.8. The Balaban J connectivity index is 1.95. The number of nitrogens with one attached hydrogen (secondary N) is 1. The van der Waals surface area contributed by atoms with Gasteiger partial charge in [0.25, 0.3) is 0 Å². The molecule has 4 heteroatoms. The Bertz CT molecular complexity index is 334.